The summed E-state index contributed by atoms with van der Waals surface area (Å²) in [6, 6.07) is 14.4. The van der Waals surface area contributed by atoms with Gasteiger partial charge in [-0.05, 0) is 48.5 Å². The number of ether oxygens (including phenoxy) is 1. The summed E-state index contributed by atoms with van der Waals surface area (Å²) in [6.45, 7) is 0. The Bertz CT molecular complexity index is 1020. The van der Waals surface area contributed by atoms with Crippen molar-refractivity contribution in [3.05, 3.63) is 58.8 Å². The van der Waals surface area contributed by atoms with Crippen LogP contribution in [-0.4, -0.2) is 39.4 Å². The third kappa shape index (κ3) is 6.07. The molecule has 0 aliphatic carbocycles. The number of nitrogens with one attached hydrogen (secondary N) is 2. The monoisotopic (exact) mass is 489 g/mol. The number of carbonyl (C=O) groups is 2. The van der Waals surface area contributed by atoms with Crippen LogP contribution in [0.3, 0.4) is 0 Å². The minimum absolute atomic E-state index is 0.0706. The van der Waals surface area contributed by atoms with E-state index in [9.17, 15) is 9.59 Å². The van der Waals surface area contributed by atoms with Crippen LogP contribution in [0.1, 0.15) is 5.82 Å². The molecule has 3 aromatic rings. The zero-order valence-corrected chi connectivity index (χ0v) is 18.8. The third-order valence-corrected chi connectivity index (χ3v) is 5.63. The lowest BCUT2D eigenvalue weighted by atomic mass is 10.3. The molecule has 0 bridgehead atoms. The lowest BCUT2D eigenvalue weighted by molar-refractivity contribution is -0.116. The minimum atomic E-state index is -0.208. The molecular formula is C20H20BrN5O3S. The van der Waals surface area contributed by atoms with Crippen LogP contribution in [-0.2, 0) is 23.1 Å². The van der Waals surface area contributed by atoms with Gasteiger partial charge in [0.25, 0.3) is 0 Å². The average molecular weight is 490 g/mol. The zero-order valence-electron chi connectivity index (χ0n) is 16.4. The number of carbonyl (C=O) groups excluding carboxylic acids is 2. The van der Waals surface area contributed by atoms with Crippen LogP contribution in [0.4, 0.5) is 11.4 Å². The van der Waals surface area contributed by atoms with Crippen LogP contribution in [0.2, 0.25) is 0 Å². The normalized spacial score (nSPS) is 10.5. The second-order valence-electron chi connectivity index (χ2n) is 6.26. The molecule has 0 atom stereocenters. The van der Waals surface area contributed by atoms with Crippen molar-refractivity contribution >= 4 is 50.9 Å². The molecule has 8 nitrogen and oxygen atoms in total. The first-order valence-corrected chi connectivity index (χ1v) is 10.7. The van der Waals surface area contributed by atoms with Crippen molar-refractivity contribution < 1.29 is 14.3 Å². The fourth-order valence-electron chi connectivity index (χ4n) is 2.51. The van der Waals surface area contributed by atoms with Crippen LogP contribution in [0.25, 0.3) is 0 Å². The Morgan fingerprint density at radius 1 is 1.00 bits per heavy atom. The summed E-state index contributed by atoms with van der Waals surface area (Å²) in [6.07, 6.45) is 0.0706. The van der Waals surface area contributed by atoms with E-state index in [1.54, 1.807) is 43.0 Å². The Labute approximate surface area is 186 Å². The van der Waals surface area contributed by atoms with E-state index in [1.165, 1.54) is 11.8 Å². The SMILES string of the molecule is COc1ccc(NC(=O)Cc2nnc(SCC(=O)Nc3ccc(Br)cc3)n2C)cc1. The maximum absolute atomic E-state index is 12.3. The second-order valence-corrected chi connectivity index (χ2v) is 8.11. The highest BCUT2D eigenvalue weighted by Gasteiger charge is 2.15. The second kappa shape index (κ2) is 10.3. The largest absolute Gasteiger partial charge is 0.497 e. The molecule has 2 aromatic carbocycles. The van der Waals surface area contributed by atoms with E-state index in [2.05, 4.69) is 36.8 Å². The average Bonchev–Trinajstić information content (AvgIpc) is 3.08. The summed E-state index contributed by atoms with van der Waals surface area (Å²) < 4.78 is 7.75. The predicted octanol–water partition coefficient (Wildman–Crippen LogP) is 3.50. The summed E-state index contributed by atoms with van der Waals surface area (Å²) in [4.78, 5) is 24.4. The number of amides is 2. The lowest BCUT2D eigenvalue weighted by Crippen LogP contribution is -2.17. The van der Waals surface area contributed by atoms with Gasteiger partial charge in [0.2, 0.25) is 11.8 Å². The molecule has 0 radical (unpaired) electrons. The van der Waals surface area contributed by atoms with Gasteiger partial charge in [-0.15, -0.1) is 10.2 Å². The third-order valence-electron chi connectivity index (χ3n) is 4.08. The molecule has 1 heterocycles. The van der Waals surface area contributed by atoms with E-state index in [4.69, 9.17) is 4.74 Å². The first kappa shape index (κ1) is 21.8. The smallest absolute Gasteiger partial charge is 0.234 e. The number of halogens is 1. The predicted molar refractivity (Wildman–Crippen MR) is 120 cm³/mol. The van der Waals surface area contributed by atoms with Gasteiger partial charge in [0, 0.05) is 22.9 Å². The Morgan fingerprint density at radius 3 is 2.23 bits per heavy atom. The Kier molecular flexibility index (Phi) is 7.47. The molecule has 0 unspecified atom stereocenters. The Hall–Kier alpha value is -2.85. The van der Waals surface area contributed by atoms with Crippen LogP contribution >= 0.6 is 27.7 Å². The van der Waals surface area contributed by atoms with Crippen molar-refractivity contribution in [1.82, 2.24) is 14.8 Å². The molecule has 0 aliphatic rings. The van der Waals surface area contributed by atoms with Crippen LogP contribution in [0.5, 0.6) is 5.75 Å². The van der Waals surface area contributed by atoms with E-state index in [-0.39, 0.29) is 24.0 Å². The highest BCUT2D eigenvalue weighted by atomic mass is 79.9. The van der Waals surface area contributed by atoms with Gasteiger partial charge in [0.05, 0.1) is 19.3 Å². The van der Waals surface area contributed by atoms with Crippen LogP contribution < -0.4 is 15.4 Å². The van der Waals surface area contributed by atoms with Gasteiger partial charge >= 0.3 is 0 Å². The maximum Gasteiger partial charge on any atom is 0.234 e. The number of hydrogen-bond acceptors (Lipinski definition) is 6. The Balaban J connectivity index is 1.51. The van der Waals surface area contributed by atoms with Crippen LogP contribution in [0.15, 0.2) is 58.2 Å². The molecule has 0 fully saturated rings. The minimum Gasteiger partial charge on any atom is -0.497 e. The van der Waals surface area contributed by atoms with E-state index in [1.807, 2.05) is 24.3 Å². The summed E-state index contributed by atoms with van der Waals surface area (Å²) >= 11 is 4.61. The Morgan fingerprint density at radius 2 is 1.60 bits per heavy atom. The van der Waals surface area contributed by atoms with E-state index in [0.717, 1.165) is 10.2 Å². The first-order valence-electron chi connectivity index (χ1n) is 8.95. The molecule has 0 saturated carbocycles. The highest BCUT2D eigenvalue weighted by molar-refractivity contribution is 9.10. The molecular weight excluding hydrogens is 470 g/mol. The molecule has 0 saturated heterocycles. The number of nitrogens with zero attached hydrogens (tertiary/aromatic N) is 3. The number of rotatable bonds is 8. The summed E-state index contributed by atoms with van der Waals surface area (Å²) in [5.41, 5.74) is 1.39. The molecule has 1 aromatic heterocycles. The number of aromatic nitrogens is 3. The lowest BCUT2D eigenvalue weighted by Gasteiger charge is -2.07. The van der Waals surface area contributed by atoms with Crippen molar-refractivity contribution in [2.45, 2.75) is 11.6 Å². The van der Waals surface area contributed by atoms with Gasteiger partial charge in [-0.2, -0.15) is 0 Å². The number of anilines is 2. The van der Waals surface area contributed by atoms with Gasteiger partial charge in [-0.1, -0.05) is 27.7 Å². The zero-order chi connectivity index (χ0) is 21.5. The molecule has 30 heavy (non-hydrogen) atoms. The molecule has 3 rings (SSSR count). The number of thioether (sulfide) groups is 1. The molecule has 0 aliphatic heterocycles. The molecule has 156 valence electrons. The number of hydrogen-bond donors (Lipinski definition) is 2. The topological polar surface area (TPSA) is 98.1 Å². The van der Waals surface area contributed by atoms with Crippen molar-refractivity contribution in [1.29, 1.82) is 0 Å². The summed E-state index contributed by atoms with van der Waals surface area (Å²) in [5.74, 6) is 1.05. The quantitative estimate of drug-likeness (QED) is 0.469. The fraction of sp³-hybridized carbons (Fsp3) is 0.200. The van der Waals surface area contributed by atoms with Crippen molar-refractivity contribution in [2.75, 3.05) is 23.5 Å². The maximum atomic E-state index is 12.3. The van der Waals surface area contributed by atoms with E-state index >= 15 is 0 Å². The summed E-state index contributed by atoms with van der Waals surface area (Å²) in [7, 11) is 3.35. The number of benzene rings is 2. The molecule has 2 amide bonds. The fourth-order valence-corrected chi connectivity index (χ4v) is 3.50. The van der Waals surface area contributed by atoms with Gasteiger partial charge in [0.1, 0.15) is 11.6 Å². The van der Waals surface area contributed by atoms with Crippen LogP contribution in [0, 0.1) is 0 Å². The van der Waals surface area contributed by atoms with Gasteiger partial charge in [-0.25, -0.2) is 0 Å². The van der Waals surface area contributed by atoms with Crippen molar-refractivity contribution in [3.8, 4) is 5.75 Å². The van der Waals surface area contributed by atoms with Gasteiger partial charge < -0.3 is 19.9 Å². The van der Waals surface area contributed by atoms with E-state index in [0.29, 0.717) is 22.4 Å². The number of methoxy groups -OCH3 is 1. The van der Waals surface area contributed by atoms with Gasteiger partial charge in [0.15, 0.2) is 5.16 Å². The molecule has 0 spiro atoms. The first-order chi connectivity index (χ1) is 14.4. The van der Waals surface area contributed by atoms with Gasteiger partial charge in [-0.3, -0.25) is 9.59 Å². The molecule has 10 heteroatoms. The summed E-state index contributed by atoms with van der Waals surface area (Å²) in [5, 5.41) is 14.3. The molecule has 2 N–H and O–H groups in total. The van der Waals surface area contributed by atoms with Crippen molar-refractivity contribution in [2.24, 2.45) is 7.05 Å². The van der Waals surface area contributed by atoms with E-state index < -0.39 is 0 Å². The highest BCUT2D eigenvalue weighted by Crippen LogP contribution is 2.19. The van der Waals surface area contributed by atoms with Crippen molar-refractivity contribution in [3.63, 3.8) is 0 Å². The standard InChI is InChI=1S/C20H20BrN5O3S/c1-26-17(11-18(27)22-15-7-9-16(29-2)10-8-15)24-25-20(26)30-12-19(28)23-14-5-3-13(21)4-6-14/h3-10H,11-12H2,1-2H3,(H,22,27)(H,23,28).